The van der Waals surface area contributed by atoms with Crippen molar-refractivity contribution in [3.63, 3.8) is 0 Å². The maximum absolute atomic E-state index is 13.4. The van der Waals surface area contributed by atoms with Crippen LogP contribution in [0.25, 0.3) is 5.76 Å². The summed E-state index contributed by atoms with van der Waals surface area (Å²) in [5.74, 6) is -6.71. The van der Waals surface area contributed by atoms with Crippen molar-refractivity contribution in [1.82, 2.24) is 0 Å². The van der Waals surface area contributed by atoms with Gasteiger partial charge in [0, 0.05) is 18.8 Å². The van der Waals surface area contributed by atoms with E-state index >= 15 is 0 Å². The predicted molar refractivity (Wildman–Crippen MR) is 62.5 cm³/mol. The Morgan fingerprint density at radius 1 is 1.21 bits per heavy atom. The largest absolute Gasteiger partial charge is 0.506 e. The van der Waals surface area contributed by atoms with Gasteiger partial charge in [-0.3, -0.25) is 4.99 Å². The Bertz CT molecular complexity index is 568. The molecule has 0 saturated carbocycles. The third-order valence-corrected chi connectivity index (χ3v) is 2.15. The van der Waals surface area contributed by atoms with Crippen LogP contribution >= 0.6 is 0 Å². The molecule has 0 spiro atoms. The first-order chi connectivity index (χ1) is 8.88. The molecule has 0 aliphatic heterocycles. The molecule has 0 aliphatic carbocycles. The van der Waals surface area contributed by atoms with Crippen LogP contribution in [0.2, 0.25) is 0 Å². The lowest BCUT2D eigenvalue weighted by atomic mass is 10.1. The van der Waals surface area contributed by atoms with Gasteiger partial charge in [0.1, 0.15) is 17.1 Å². The molecule has 0 fully saturated rings. The first-order valence-corrected chi connectivity index (χ1v) is 5.19. The van der Waals surface area contributed by atoms with E-state index in [1.165, 1.54) is 0 Å². The van der Waals surface area contributed by atoms with E-state index in [-0.39, 0.29) is 12.6 Å². The number of nitrogens with zero attached hydrogens (tertiary/aromatic N) is 1. The number of aliphatic hydroxyl groups excluding tert-OH is 1. The van der Waals surface area contributed by atoms with Crippen LogP contribution in [0.15, 0.2) is 22.7 Å². The van der Waals surface area contributed by atoms with Crippen LogP contribution in [-0.4, -0.2) is 28.9 Å². The predicted octanol–water partition coefficient (Wildman–Crippen LogP) is 2.55. The van der Waals surface area contributed by atoms with Crippen molar-refractivity contribution >= 4 is 17.9 Å². The summed E-state index contributed by atoms with van der Waals surface area (Å²) in [5.41, 5.74) is -1.47. The molecule has 0 amide bonds. The molecule has 0 bridgehead atoms. The van der Waals surface area contributed by atoms with Crippen molar-refractivity contribution < 1.29 is 28.2 Å². The second-order valence-electron chi connectivity index (χ2n) is 3.44. The topological polar surface area (TPSA) is 69.9 Å². The summed E-state index contributed by atoms with van der Waals surface area (Å²) in [6.07, 6.45) is 0.818. The molecule has 4 nitrogen and oxygen atoms in total. The van der Waals surface area contributed by atoms with Gasteiger partial charge in [-0.1, -0.05) is 0 Å². The molecule has 0 radical (unpaired) electrons. The Hall–Kier alpha value is -2.31. The molecule has 7 heteroatoms. The normalized spacial score (nSPS) is 12.6. The molecule has 19 heavy (non-hydrogen) atoms. The van der Waals surface area contributed by atoms with E-state index in [1.807, 2.05) is 0 Å². The zero-order chi connectivity index (χ0) is 14.6. The van der Waals surface area contributed by atoms with E-state index in [0.717, 1.165) is 6.21 Å². The molecule has 0 aromatic heterocycles. The van der Waals surface area contributed by atoms with Gasteiger partial charge in [0.2, 0.25) is 0 Å². The van der Waals surface area contributed by atoms with Crippen molar-refractivity contribution in [2.24, 2.45) is 4.99 Å². The number of carboxylic acids is 1. The van der Waals surface area contributed by atoms with Gasteiger partial charge in [0.25, 0.3) is 0 Å². The van der Waals surface area contributed by atoms with Crippen LogP contribution in [0.4, 0.5) is 13.2 Å². The number of aliphatic carboxylic acids is 1. The molecule has 102 valence electrons. The Morgan fingerprint density at radius 2 is 1.79 bits per heavy atom. The fraction of sp³-hybridized carbons (Fsp3) is 0.167. The minimum absolute atomic E-state index is 0.220. The molecule has 0 atom stereocenters. The van der Waals surface area contributed by atoms with Crippen LogP contribution in [0.3, 0.4) is 0 Å². The molecule has 2 N–H and O–H groups in total. The zero-order valence-electron chi connectivity index (χ0n) is 9.82. The van der Waals surface area contributed by atoms with Gasteiger partial charge in [0.15, 0.2) is 11.6 Å². The van der Waals surface area contributed by atoms with Crippen molar-refractivity contribution in [3.05, 3.63) is 40.7 Å². The molecular weight excluding hydrogens is 263 g/mol. The third-order valence-electron chi connectivity index (χ3n) is 2.15. The number of hydrogen-bond acceptors (Lipinski definition) is 3. The maximum Gasteiger partial charge on any atom is 0.341 e. The summed E-state index contributed by atoms with van der Waals surface area (Å²) in [6.45, 7) is 1.86. The molecule has 1 rings (SSSR count). The molecule has 1 aromatic rings. The Balaban J connectivity index is 3.44. The highest BCUT2D eigenvalue weighted by Gasteiger charge is 2.19. The number of aliphatic imine (C=N–C) groups is 1. The minimum Gasteiger partial charge on any atom is -0.506 e. The lowest BCUT2D eigenvalue weighted by Crippen LogP contribution is -2.07. The van der Waals surface area contributed by atoms with E-state index in [4.69, 9.17) is 5.11 Å². The van der Waals surface area contributed by atoms with Gasteiger partial charge in [-0.25, -0.2) is 18.0 Å². The average molecular weight is 273 g/mol. The average Bonchev–Trinajstić information content (AvgIpc) is 2.33. The van der Waals surface area contributed by atoms with E-state index in [1.54, 1.807) is 6.92 Å². The summed E-state index contributed by atoms with van der Waals surface area (Å²) >= 11 is 0. The van der Waals surface area contributed by atoms with Crippen molar-refractivity contribution in [3.8, 4) is 0 Å². The summed E-state index contributed by atoms with van der Waals surface area (Å²) in [6, 6.07) is 0.597. The Morgan fingerprint density at radius 3 is 2.32 bits per heavy atom. The summed E-state index contributed by atoms with van der Waals surface area (Å²) in [4.78, 5) is 14.5. The SMILES string of the molecule is CCN=CC(C(=O)O)=C(O)c1cc(F)c(F)cc1F. The smallest absolute Gasteiger partial charge is 0.341 e. The highest BCUT2D eigenvalue weighted by atomic mass is 19.2. The minimum atomic E-state index is -1.57. The van der Waals surface area contributed by atoms with Crippen molar-refractivity contribution in [2.45, 2.75) is 6.92 Å². The van der Waals surface area contributed by atoms with Gasteiger partial charge in [-0.15, -0.1) is 0 Å². The lowest BCUT2D eigenvalue weighted by Gasteiger charge is -2.05. The van der Waals surface area contributed by atoms with Gasteiger partial charge in [-0.2, -0.15) is 0 Å². The molecule has 0 unspecified atom stereocenters. The third kappa shape index (κ3) is 3.34. The molecule has 0 heterocycles. The number of hydrogen-bond donors (Lipinski definition) is 2. The van der Waals surface area contributed by atoms with Gasteiger partial charge in [0.05, 0.1) is 5.56 Å². The van der Waals surface area contributed by atoms with Gasteiger partial charge in [-0.05, 0) is 13.0 Å². The Kier molecular flexibility index (Phi) is 4.68. The fourth-order valence-electron chi connectivity index (χ4n) is 1.25. The summed E-state index contributed by atoms with van der Waals surface area (Å²) in [5, 5.41) is 18.5. The molecular formula is C12H10F3NO3. The highest BCUT2D eigenvalue weighted by Crippen LogP contribution is 2.22. The molecule has 0 aliphatic rings. The highest BCUT2D eigenvalue weighted by molar-refractivity contribution is 6.14. The quantitative estimate of drug-likeness (QED) is 0.383. The first kappa shape index (κ1) is 14.7. The second-order valence-corrected chi connectivity index (χ2v) is 3.44. The number of aliphatic hydroxyl groups is 1. The van der Waals surface area contributed by atoms with Crippen molar-refractivity contribution in [2.75, 3.05) is 6.54 Å². The fourth-order valence-corrected chi connectivity index (χ4v) is 1.25. The second kappa shape index (κ2) is 6.03. The number of carboxylic acid groups (broad SMARTS) is 1. The lowest BCUT2D eigenvalue weighted by molar-refractivity contribution is -0.132. The van der Waals surface area contributed by atoms with Crippen LogP contribution in [-0.2, 0) is 4.79 Å². The maximum atomic E-state index is 13.4. The number of rotatable bonds is 4. The van der Waals surface area contributed by atoms with E-state index in [2.05, 4.69) is 4.99 Å². The van der Waals surface area contributed by atoms with E-state index < -0.39 is 40.3 Å². The van der Waals surface area contributed by atoms with Crippen LogP contribution in [0.1, 0.15) is 12.5 Å². The number of halogens is 3. The van der Waals surface area contributed by atoms with E-state index in [0.29, 0.717) is 6.07 Å². The van der Waals surface area contributed by atoms with Crippen LogP contribution < -0.4 is 0 Å². The molecule has 1 aromatic carbocycles. The Labute approximate surface area is 106 Å². The summed E-state index contributed by atoms with van der Waals surface area (Å²) < 4.78 is 39.1. The summed E-state index contributed by atoms with van der Waals surface area (Å²) in [7, 11) is 0. The van der Waals surface area contributed by atoms with Gasteiger partial charge < -0.3 is 10.2 Å². The zero-order valence-corrected chi connectivity index (χ0v) is 9.82. The van der Waals surface area contributed by atoms with E-state index in [9.17, 15) is 23.1 Å². The molecule has 0 saturated heterocycles. The van der Waals surface area contributed by atoms with Gasteiger partial charge >= 0.3 is 5.97 Å². The number of benzene rings is 1. The van der Waals surface area contributed by atoms with Crippen LogP contribution in [0.5, 0.6) is 0 Å². The standard InChI is InChI=1S/C12H10F3NO3/c1-2-16-5-7(12(18)19)11(17)6-3-9(14)10(15)4-8(6)13/h3-5,17H,2H2,1H3,(H,18,19). The first-order valence-electron chi connectivity index (χ1n) is 5.19. The van der Waals surface area contributed by atoms with Crippen LogP contribution in [0, 0.1) is 17.5 Å². The van der Waals surface area contributed by atoms with Crippen molar-refractivity contribution in [1.29, 1.82) is 0 Å². The monoisotopic (exact) mass is 273 g/mol. The number of carbonyl (C=O) groups is 1.